The van der Waals surface area contributed by atoms with Gasteiger partial charge in [0.05, 0.1) is 6.33 Å². The summed E-state index contributed by atoms with van der Waals surface area (Å²) in [6.45, 7) is 4.15. The monoisotopic (exact) mass is 796 g/mol. The molecule has 4 aromatic rings. The molecular weight excluding hydrogens is 741 g/mol. The van der Waals surface area contributed by atoms with Crippen LogP contribution in [0, 0.1) is 5.92 Å². The van der Waals surface area contributed by atoms with Gasteiger partial charge in [0.2, 0.25) is 35.4 Å². The van der Waals surface area contributed by atoms with Crippen molar-refractivity contribution in [3.05, 3.63) is 90.1 Å². The first-order valence-corrected chi connectivity index (χ1v) is 20.1. The number of nitrogens with zero attached hydrogens (tertiary/aromatic N) is 1. The van der Waals surface area contributed by atoms with Gasteiger partial charge in [-0.2, -0.15) is 0 Å². The number of imidazole rings is 1. The fourth-order valence-corrected chi connectivity index (χ4v) is 7.37. The molecule has 16 nitrogen and oxygen atoms in total. The number of carbonyl (C=O) groups excluding carboxylic acids is 6. The molecule has 310 valence electrons. The first kappa shape index (κ1) is 43.1. The molecule has 2 aromatic heterocycles. The van der Waals surface area contributed by atoms with Crippen molar-refractivity contribution in [1.82, 2.24) is 46.9 Å². The Bertz CT molecular complexity index is 1980. The number of benzene rings is 2. The zero-order valence-corrected chi connectivity index (χ0v) is 33.1. The lowest BCUT2D eigenvalue weighted by atomic mass is 9.91. The third kappa shape index (κ3) is 12.2. The standard InChI is InChI=1S/C42H56N10O6/c1-3-27(4-2)33-22-38(54)49-36(21-29-24-44-25-47-29)42(58)51-34(19-26-11-6-5-7-12-26)41(57)50-32(15-10-17-43)40(56)52-35(39(55)45-18-16-37(53)48-33)20-28-23-46-31-14-9-8-13-30(28)31/h5-9,11-14,23-25,27,32-36,46H,3-4,10,15-22,43H2,1-2H3,(H,44,47)(H,45,55)(H,48,53)(H,49,54)(H,50,57)(H,51,58)(H,52,56)/t32-,33?,34?,35-,36-/m0/s1. The molecule has 2 unspecified atom stereocenters. The number of nitrogens with two attached hydrogens (primary N) is 1. The van der Waals surface area contributed by atoms with E-state index >= 15 is 0 Å². The molecule has 0 aliphatic carbocycles. The maximum atomic E-state index is 14.2. The smallest absolute Gasteiger partial charge is 0.243 e. The number of fused-ring (bicyclic) bond motifs is 1. The second kappa shape index (κ2) is 21.5. The number of hydrogen-bond acceptors (Lipinski definition) is 8. The summed E-state index contributed by atoms with van der Waals surface area (Å²) < 4.78 is 0. The zero-order chi connectivity index (χ0) is 41.4. The van der Waals surface area contributed by atoms with Gasteiger partial charge in [0, 0.05) is 73.7 Å². The third-order valence-corrected chi connectivity index (χ3v) is 10.6. The van der Waals surface area contributed by atoms with Crippen LogP contribution in [0.2, 0.25) is 0 Å². The number of carbonyl (C=O) groups is 6. The van der Waals surface area contributed by atoms with E-state index in [4.69, 9.17) is 5.73 Å². The average molecular weight is 797 g/mol. The van der Waals surface area contributed by atoms with Crippen LogP contribution < -0.4 is 37.6 Å². The van der Waals surface area contributed by atoms with Gasteiger partial charge >= 0.3 is 0 Å². The van der Waals surface area contributed by atoms with Crippen LogP contribution in [0.3, 0.4) is 0 Å². The fourth-order valence-electron chi connectivity index (χ4n) is 7.37. The van der Waals surface area contributed by atoms with Gasteiger partial charge in [-0.15, -0.1) is 0 Å². The molecule has 0 spiro atoms. The summed E-state index contributed by atoms with van der Waals surface area (Å²) in [5.41, 5.74) is 8.82. The van der Waals surface area contributed by atoms with Gasteiger partial charge in [-0.3, -0.25) is 28.8 Å². The van der Waals surface area contributed by atoms with Gasteiger partial charge in [-0.25, -0.2) is 4.98 Å². The molecule has 6 amide bonds. The summed E-state index contributed by atoms with van der Waals surface area (Å²) in [4.78, 5) is 93.7. The summed E-state index contributed by atoms with van der Waals surface area (Å²) in [5, 5.41) is 18.1. The molecule has 3 heterocycles. The summed E-state index contributed by atoms with van der Waals surface area (Å²) in [6, 6.07) is 11.6. The van der Waals surface area contributed by atoms with Gasteiger partial charge in [0.25, 0.3) is 0 Å². The van der Waals surface area contributed by atoms with E-state index < -0.39 is 59.7 Å². The third-order valence-electron chi connectivity index (χ3n) is 10.6. The molecule has 5 atom stereocenters. The van der Waals surface area contributed by atoms with E-state index in [9.17, 15) is 28.8 Å². The molecule has 58 heavy (non-hydrogen) atoms. The quantitative estimate of drug-likeness (QED) is 0.101. The maximum absolute atomic E-state index is 14.2. The van der Waals surface area contributed by atoms with E-state index in [1.165, 1.54) is 6.33 Å². The molecule has 0 radical (unpaired) electrons. The molecule has 1 saturated heterocycles. The first-order chi connectivity index (χ1) is 28.1. The highest BCUT2D eigenvalue weighted by Crippen LogP contribution is 2.20. The highest BCUT2D eigenvalue weighted by molar-refractivity contribution is 5.96. The number of nitrogens with one attached hydrogen (secondary N) is 8. The van der Waals surface area contributed by atoms with Crippen molar-refractivity contribution in [3.63, 3.8) is 0 Å². The molecule has 0 saturated carbocycles. The largest absolute Gasteiger partial charge is 0.361 e. The predicted octanol–water partition coefficient (Wildman–Crippen LogP) is 1.43. The van der Waals surface area contributed by atoms with Crippen molar-refractivity contribution >= 4 is 46.3 Å². The molecule has 2 aromatic carbocycles. The van der Waals surface area contributed by atoms with E-state index in [0.717, 1.165) is 22.0 Å². The van der Waals surface area contributed by atoms with Crippen LogP contribution in [0.1, 0.15) is 69.2 Å². The van der Waals surface area contributed by atoms with E-state index in [0.29, 0.717) is 25.0 Å². The molecule has 0 bridgehead atoms. The SMILES string of the molecule is CCC(CC)C1CC(=O)N[C@@H](Cc2cnc[nH]2)C(=O)NC(Cc2ccccc2)C(=O)N[C@@H](CCCN)C(=O)N[C@@H](Cc2c[nH]c3ccccc23)C(=O)NCCC(=O)N1. The Morgan fingerprint density at radius 2 is 1.36 bits per heavy atom. The van der Waals surface area contributed by atoms with Crippen LogP contribution in [0.5, 0.6) is 0 Å². The lowest BCUT2D eigenvalue weighted by molar-refractivity contribution is -0.135. The number of hydrogen-bond donors (Lipinski definition) is 9. The number of aromatic amines is 2. The van der Waals surface area contributed by atoms with Crippen molar-refractivity contribution in [3.8, 4) is 0 Å². The highest BCUT2D eigenvalue weighted by Gasteiger charge is 2.33. The maximum Gasteiger partial charge on any atom is 0.243 e. The molecule has 1 fully saturated rings. The van der Waals surface area contributed by atoms with Crippen LogP contribution >= 0.6 is 0 Å². The lowest BCUT2D eigenvalue weighted by Crippen LogP contribution is -2.59. The topological polar surface area (TPSA) is 245 Å². The molecule has 16 heteroatoms. The molecule has 1 aliphatic heterocycles. The predicted molar refractivity (Wildman–Crippen MR) is 219 cm³/mol. The van der Waals surface area contributed by atoms with Gasteiger partial charge in [0.1, 0.15) is 24.2 Å². The number of H-pyrrole nitrogens is 2. The van der Waals surface area contributed by atoms with Crippen LogP contribution in [0.25, 0.3) is 10.9 Å². The van der Waals surface area contributed by atoms with Gasteiger partial charge in [0.15, 0.2) is 0 Å². The molecular formula is C42H56N10O6. The Balaban J connectivity index is 1.50. The van der Waals surface area contributed by atoms with Crippen molar-refractivity contribution in [2.75, 3.05) is 13.1 Å². The lowest BCUT2D eigenvalue weighted by Gasteiger charge is -2.28. The van der Waals surface area contributed by atoms with E-state index in [1.807, 2.05) is 68.4 Å². The van der Waals surface area contributed by atoms with E-state index in [2.05, 4.69) is 46.9 Å². The molecule has 1 aliphatic rings. The van der Waals surface area contributed by atoms with Crippen LogP contribution in [-0.2, 0) is 48.0 Å². The van der Waals surface area contributed by atoms with Crippen molar-refractivity contribution in [2.45, 2.75) is 102 Å². The normalized spacial score (nSPS) is 22.0. The van der Waals surface area contributed by atoms with Gasteiger partial charge < -0.3 is 47.6 Å². The zero-order valence-electron chi connectivity index (χ0n) is 33.1. The van der Waals surface area contributed by atoms with Gasteiger partial charge in [-0.05, 0) is 42.5 Å². The van der Waals surface area contributed by atoms with Gasteiger partial charge in [-0.1, -0.05) is 75.2 Å². The van der Waals surface area contributed by atoms with Crippen LogP contribution in [0.15, 0.2) is 73.3 Å². The first-order valence-electron chi connectivity index (χ1n) is 20.1. The van der Waals surface area contributed by atoms with Crippen molar-refractivity contribution < 1.29 is 28.8 Å². The molecule has 5 rings (SSSR count). The number of rotatable bonds is 12. The second-order valence-electron chi connectivity index (χ2n) is 14.8. The minimum atomic E-state index is -1.17. The minimum Gasteiger partial charge on any atom is -0.361 e. The minimum absolute atomic E-state index is 0.0340. The summed E-state index contributed by atoms with van der Waals surface area (Å²) in [6.07, 6.45) is 6.72. The van der Waals surface area contributed by atoms with E-state index in [-0.39, 0.29) is 63.4 Å². The second-order valence-corrected chi connectivity index (χ2v) is 14.8. The highest BCUT2D eigenvalue weighted by atomic mass is 16.2. The van der Waals surface area contributed by atoms with E-state index in [1.54, 1.807) is 12.4 Å². The number of aromatic nitrogens is 3. The Kier molecular flexibility index (Phi) is 16.0. The average Bonchev–Trinajstić information content (AvgIpc) is 3.89. The Hall–Kier alpha value is -6.03. The number of para-hydroxylation sites is 1. The summed E-state index contributed by atoms with van der Waals surface area (Å²) >= 11 is 0. The van der Waals surface area contributed by atoms with Crippen LogP contribution in [-0.4, -0.2) is 93.7 Å². The summed E-state index contributed by atoms with van der Waals surface area (Å²) in [7, 11) is 0. The molecule has 10 N–H and O–H groups in total. The van der Waals surface area contributed by atoms with Crippen molar-refractivity contribution in [2.24, 2.45) is 11.7 Å². The Labute approximate surface area is 338 Å². The Morgan fingerprint density at radius 3 is 2.05 bits per heavy atom. The number of amides is 6. The van der Waals surface area contributed by atoms with Crippen molar-refractivity contribution in [1.29, 1.82) is 0 Å². The van der Waals surface area contributed by atoms with Crippen LogP contribution in [0.4, 0.5) is 0 Å². The fraction of sp³-hybridized carbons (Fsp3) is 0.452. The summed E-state index contributed by atoms with van der Waals surface area (Å²) in [5.74, 6) is -3.28. The Morgan fingerprint density at radius 1 is 0.707 bits per heavy atom.